The normalized spacial score (nSPS) is 10.5. The van der Waals surface area contributed by atoms with Crippen molar-refractivity contribution in [3.05, 3.63) is 5.28 Å². The van der Waals surface area contributed by atoms with E-state index < -0.39 is 0 Å². The van der Waals surface area contributed by atoms with Gasteiger partial charge in [-0.15, -0.1) is 0 Å². The van der Waals surface area contributed by atoms with E-state index >= 15 is 0 Å². The highest BCUT2D eigenvalue weighted by Gasteiger charge is 2.07. The number of halogens is 1. The number of amides is 1. The second-order valence-electron chi connectivity index (χ2n) is 4.23. The molecule has 0 saturated heterocycles. The smallest absolute Gasteiger partial charge is 0.322 e. The van der Waals surface area contributed by atoms with Crippen LogP contribution >= 0.6 is 11.6 Å². The van der Waals surface area contributed by atoms with Crippen LogP contribution in [0.5, 0.6) is 6.01 Å². The first-order valence-corrected chi connectivity index (χ1v) is 6.45. The van der Waals surface area contributed by atoms with Gasteiger partial charge in [0, 0.05) is 13.0 Å². The van der Waals surface area contributed by atoms with Gasteiger partial charge in [0.15, 0.2) is 0 Å². The highest BCUT2D eigenvalue weighted by Crippen LogP contribution is 2.12. The van der Waals surface area contributed by atoms with Crippen LogP contribution in [0.15, 0.2) is 0 Å². The zero-order valence-corrected chi connectivity index (χ0v) is 11.8. The molecule has 3 N–H and O–H groups in total. The fourth-order valence-electron chi connectivity index (χ4n) is 1.30. The maximum absolute atomic E-state index is 10.6. The number of hydrogen-bond donors (Lipinski definition) is 2. The minimum Gasteiger partial charge on any atom is -0.461 e. The maximum atomic E-state index is 10.6. The third-order valence-corrected chi connectivity index (χ3v) is 2.23. The summed E-state index contributed by atoms with van der Waals surface area (Å²) in [6, 6.07) is 0.189. The Morgan fingerprint density at radius 3 is 2.74 bits per heavy atom. The van der Waals surface area contributed by atoms with Gasteiger partial charge < -0.3 is 15.8 Å². The van der Waals surface area contributed by atoms with Gasteiger partial charge in [-0.2, -0.15) is 15.0 Å². The quantitative estimate of drug-likeness (QED) is 0.700. The zero-order valence-electron chi connectivity index (χ0n) is 11.0. The average Bonchev–Trinajstić information content (AvgIpc) is 2.26. The summed E-state index contributed by atoms with van der Waals surface area (Å²) in [6.45, 7) is 4.36. The Balaban J connectivity index is 2.44. The number of carbonyl (C=O) groups excluding carboxylic acids is 1. The Hall–Kier alpha value is -1.63. The summed E-state index contributed by atoms with van der Waals surface area (Å²) in [6.07, 6.45) is 1.84. The molecule has 19 heavy (non-hydrogen) atoms. The van der Waals surface area contributed by atoms with Crippen LogP contribution < -0.4 is 15.8 Å². The van der Waals surface area contributed by atoms with Gasteiger partial charge in [-0.05, 0) is 38.3 Å². The van der Waals surface area contributed by atoms with Crippen molar-refractivity contribution in [2.24, 2.45) is 5.73 Å². The third-order valence-electron chi connectivity index (χ3n) is 2.06. The highest BCUT2D eigenvalue weighted by molar-refractivity contribution is 6.28. The van der Waals surface area contributed by atoms with E-state index in [0.29, 0.717) is 18.9 Å². The number of ether oxygens (including phenoxy) is 1. The first kappa shape index (κ1) is 15.4. The zero-order chi connectivity index (χ0) is 14.3. The molecule has 0 spiro atoms. The Labute approximate surface area is 116 Å². The molecule has 0 aromatic carbocycles. The minimum absolute atomic E-state index is 0.0399. The van der Waals surface area contributed by atoms with Gasteiger partial charge in [-0.25, -0.2) is 0 Å². The molecule has 0 saturated carbocycles. The van der Waals surface area contributed by atoms with E-state index in [1.165, 1.54) is 0 Å². The van der Waals surface area contributed by atoms with Crippen molar-refractivity contribution in [3.8, 4) is 6.01 Å². The van der Waals surface area contributed by atoms with Crippen molar-refractivity contribution >= 4 is 23.5 Å². The van der Waals surface area contributed by atoms with Crippen molar-refractivity contribution in [3.63, 3.8) is 0 Å². The molecule has 0 aliphatic heterocycles. The molecule has 1 heterocycles. The summed E-state index contributed by atoms with van der Waals surface area (Å²) in [5, 5.41) is 3.07. The second kappa shape index (κ2) is 7.73. The molecule has 1 aromatic heterocycles. The average molecular weight is 288 g/mol. The van der Waals surface area contributed by atoms with Crippen molar-refractivity contribution in [1.82, 2.24) is 15.0 Å². The molecule has 0 aliphatic rings. The van der Waals surface area contributed by atoms with Crippen LogP contribution in [0.25, 0.3) is 0 Å². The number of carbonyl (C=O) groups is 1. The molecule has 0 fully saturated rings. The second-order valence-corrected chi connectivity index (χ2v) is 4.57. The largest absolute Gasteiger partial charge is 0.461 e. The number of anilines is 1. The van der Waals surface area contributed by atoms with Crippen molar-refractivity contribution < 1.29 is 9.53 Å². The molecule has 8 heteroatoms. The molecule has 7 nitrogen and oxygen atoms in total. The van der Waals surface area contributed by atoms with E-state index in [4.69, 9.17) is 22.1 Å². The molecule has 0 bridgehead atoms. The number of rotatable bonds is 8. The van der Waals surface area contributed by atoms with Crippen LogP contribution in [0, 0.1) is 0 Å². The van der Waals surface area contributed by atoms with Gasteiger partial charge in [-0.1, -0.05) is 0 Å². The van der Waals surface area contributed by atoms with E-state index in [1.54, 1.807) is 0 Å². The standard InChI is InChI=1S/C11H18ClN5O2/c1-7(2)19-11-16-9(12)15-10(17-11)14-6-4-3-5-8(13)18/h7H,3-6H2,1-2H3,(H2,13,18)(H,14,15,16,17). The Morgan fingerprint density at radius 2 is 2.11 bits per heavy atom. The molecular formula is C11H18ClN5O2. The van der Waals surface area contributed by atoms with Gasteiger partial charge in [0.1, 0.15) is 0 Å². The molecule has 1 amide bonds. The van der Waals surface area contributed by atoms with Crippen molar-refractivity contribution in [1.29, 1.82) is 0 Å². The van der Waals surface area contributed by atoms with Crippen LogP contribution in [0.2, 0.25) is 5.28 Å². The van der Waals surface area contributed by atoms with Gasteiger partial charge >= 0.3 is 6.01 Å². The lowest BCUT2D eigenvalue weighted by molar-refractivity contribution is -0.118. The summed E-state index contributed by atoms with van der Waals surface area (Å²) >= 11 is 5.77. The lowest BCUT2D eigenvalue weighted by Gasteiger charge is -2.09. The molecule has 0 unspecified atom stereocenters. The fourth-order valence-corrected chi connectivity index (χ4v) is 1.45. The Morgan fingerprint density at radius 1 is 1.37 bits per heavy atom. The van der Waals surface area contributed by atoms with Gasteiger partial charge in [0.2, 0.25) is 17.1 Å². The summed E-state index contributed by atoms with van der Waals surface area (Å²) < 4.78 is 5.35. The lowest BCUT2D eigenvalue weighted by Crippen LogP contribution is -2.13. The van der Waals surface area contributed by atoms with E-state index in [1.807, 2.05) is 13.8 Å². The molecule has 0 aliphatic carbocycles. The number of nitrogens with zero attached hydrogens (tertiary/aromatic N) is 3. The molecular weight excluding hydrogens is 270 g/mol. The van der Waals surface area contributed by atoms with Crippen LogP contribution in [-0.2, 0) is 4.79 Å². The lowest BCUT2D eigenvalue weighted by atomic mass is 10.2. The summed E-state index contributed by atoms with van der Waals surface area (Å²) in [4.78, 5) is 22.4. The molecule has 106 valence electrons. The van der Waals surface area contributed by atoms with Crippen LogP contribution in [0.3, 0.4) is 0 Å². The number of primary amides is 1. The third kappa shape index (κ3) is 6.76. The van der Waals surface area contributed by atoms with E-state index in [-0.39, 0.29) is 23.3 Å². The molecule has 0 radical (unpaired) electrons. The molecule has 0 atom stereocenters. The molecule has 1 aromatic rings. The number of hydrogen-bond acceptors (Lipinski definition) is 6. The van der Waals surface area contributed by atoms with E-state index in [2.05, 4.69) is 20.3 Å². The number of unbranched alkanes of at least 4 members (excludes halogenated alkanes) is 1. The van der Waals surface area contributed by atoms with Crippen LogP contribution in [0.1, 0.15) is 33.1 Å². The number of aromatic nitrogens is 3. The molecule has 1 rings (SSSR count). The SMILES string of the molecule is CC(C)Oc1nc(Cl)nc(NCCCCC(N)=O)n1. The van der Waals surface area contributed by atoms with Gasteiger partial charge in [-0.3, -0.25) is 4.79 Å². The number of nitrogens with two attached hydrogens (primary N) is 1. The van der Waals surface area contributed by atoms with E-state index in [0.717, 1.165) is 12.8 Å². The van der Waals surface area contributed by atoms with Crippen molar-refractivity contribution in [2.45, 2.75) is 39.2 Å². The highest BCUT2D eigenvalue weighted by atomic mass is 35.5. The Kier molecular flexibility index (Phi) is 6.27. The summed E-state index contributed by atoms with van der Waals surface area (Å²) in [5.74, 6) is 0.0607. The predicted molar refractivity (Wildman–Crippen MR) is 72.1 cm³/mol. The fraction of sp³-hybridized carbons (Fsp3) is 0.636. The van der Waals surface area contributed by atoms with E-state index in [9.17, 15) is 4.79 Å². The summed E-state index contributed by atoms with van der Waals surface area (Å²) in [7, 11) is 0. The van der Waals surface area contributed by atoms with Gasteiger partial charge in [0.05, 0.1) is 6.10 Å². The maximum Gasteiger partial charge on any atom is 0.322 e. The first-order valence-electron chi connectivity index (χ1n) is 6.08. The Bertz CT molecular complexity index is 428. The van der Waals surface area contributed by atoms with Crippen LogP contribution in [-0.4, -0.2) is 33.5 Å². The predicted octanol–water partition coefficient (Wildman–Crippen LogP) is 1.38. The summed E-state index contributed by atoms with van der Waals surface area (Å²) in [5.41, 5.74) is 5.05. The first-order chi connectivity index (χ1) is 8.97. The monoisotopic (exact) mass is 287 g/mol. The minimum atomic E-state index is -0.296. The van der Waals surface area contributed by atoms with Crippen LogP contribution in [0.4, 0.5) is 5.95 Å². The number of nitrogens with one attached hydrogen (secondary N) is 1. The topological polar surface area (TPSA) is 103 Å². The van der Waals surface area contributed by atoms with Crippen molar-refractivity contribution in [2.75, 3.05) is 11.9 Å². The van der Waals surface area contributed by atoms with Gasteiger partial charge in [0.25, 0.3) is 0 Å².